The molecule has 0 saturated heterocycles. The van der Waals surface area contributed by atoms with Crippen LogP contribution in [0.4, 0.5) is 4.39 Å². The summed E-state index contributed by atoms with van der Waals surface area (Å²) >= 11 is 0. The Labute approximate surface area is 113 Å². The lowest BCUT2D eigenvalue weighted by Crippen LogP contribution is -2.09. The first-order chi connectivity index (χ1) is 8.99. The monoisotopic (exact) mass is 259 g/mol. The molecule has 100 valence electrons. The van der Waals surface area contributed by atoms with E-state index in [1.807, 2.05) is 32.0 Å². The number of halogens is 1. The van der Waals surface area contributed by atoms with Gasteiger partial charge in [-0.25, -0.2) is 4.39 Å². The van der Waals surface area contributed by atoms with E-state index in [1.54, 1.807) is 19.1 Å². The summed E-state index contributed by atoms with van der Waals surface area (Å²) in [5, 5.41) is 0. The molecular formula is C16H18FNO. The maximum absolute atomic E-state index is 13.8. The van der Waals surface area contributed by atoms with Crippen molar-refractivity contribution >= 4 is 0 Å². The van der Waals surface area contributed by atoms with Crippen LogP contribution in [0.25, 0.3) is 0 Å². The van der Waals surface area contributed by atoms with E-state index in [0.717, 1.165) is 5.56 Å². The van der Waals surface area contributed by atoms with E-state index in [-0.39, 0.29) is 5.82 Å². The molecule has 0 aliphatic rings. The fourth-order valence-corrected chi connectivity index (χ4v) is 1.95. The van der Waals surface area contributed by atoms with Crippen LogP contribution in [-0.2, 0) is 0 Å². The quantitative estimate of drug-likeness (QED) is 0.894. The maximum Gasteiger partial charge on any atom is 0.135 e. The Morgan fingerprint density at radius 2 is 1.84 bits per heavy atom. The minimum atomic E-state index is -0.414. The Morgan fingerprint density at radius 3 is 2.47 bits per heavy atom. The van der Waals surface area contributed by atoms with Gasteiger partial charge in [0.05, 0.1) is 0 Å². The molecule has 0 radical (unpaired) electrons. The maximum atomic E-state index is 13.8. The lowest BCUT2D eigenvalue weighted by atomic mass is 10.1. The smallest absolute Gasteiger partial charge is 0.135 e. The van der Waals surface area contributed by atoms with Crippen LogP contribution in [-0.4, -0.2) is 0 Å². The lowest BCUT2D eigenvalue weighted by molar-refractivity contribution is 0.460. The minimum absolute atomic E-state index is 0.337. The van der Waals surface area contributed by atoms with Gasteiger partial charge in [-0.05, 0) is 56.2 Å². The topological polar surface area (TPSA) is 35.2 Å². The van der Waals surface area contributed by atoms with Crippen molar-refractivity contribution in [3.8, 4) is 11.5 Å². The molecule has 0 aliphatic carbocycles. The highest BCUT2D eigenvalue weighted by Crippen LogP contribution is 2.31. The molecule has 0 amide bonds. The van der Waals surface area contributed by atoms with E-state index in [1.165, 1.54) is 11.6 Å². The van der Waals surface area contributed by atoms with E-state index in [9.17, 15) is 4.39 Å². The second kappa shape index (κ2) is 5.41. The molecule has 0 aromatic heterocycles. The number of nitrogens with two attached hydrogens (primary N) is 1. The number of benzene rings is 2. The third kappa shape index (κ3) is 2.93. The highest BCUT2D eigenvalue weighted by atomic mass is 19.1. The third-order valence-corrected chi connectivity index (χ3v) is 3.17. The number of rotatable bonds is 3. The molecular weight excluding hydrogens is 241 g/mol. The van der Waals surface area contributed by atoms with Crippen LogP contribution in [0.5, 0.6) is 11.5 Å². The lowest BCUT2D eigenvalue weighted by Gasteiger charge is -2.15. The number of ether oxygens (including phenoxy) is 1. The normalized spacial score (nSPS) is 12.3. The molecule has 0 aliphatic heterocycles. The summed E-state index contributed by atoms with van der Waals surface area (Å²) in [4.78, 5) is 0. The highest BCUT2D eigenvalue weighted by Gasteiger charge is 2.14. The zero-order valence-electron chi connectivity index (χ0n) is 11.4. The summed E-state index contributed by atoms with van der Waals surface area (Å²) in [6.07, 6.45) is 0. The number of aryl methyl sites for hydroxylation is 2. The molecule has 2 N–H and O–H groups in total. The van der Waals surface area contributed by atoms with Gasteiger partial charge < -0.3 is 10.5 Å². The van der Waals surface area contributed by atoms with Crippen LogP contribution in [0.15, 0.2) is 36.4 Å². The van der Waals surface area contributed by atoms with Crippen LogP contribution in [0.3, 0.4) is 0 Å². The van der Waals surface area contributed by atoms with Gasteiger partial charge in [0.25, 0.3) is 0 Å². The summed E-state index contributed by atoms with van der Waals surface area (Å²) in [6, 6.07) is 10.1. The van der Waals surface area contributed by atoms with Crippen molar-refractivity contribution in [1.29, 1.82) is 0 Å². The van der Waals surface area contributed by atoms with E-state index in [2.05, 4.69) is 0 Å². The molecule has 0 spiro atoms. The average molecular weight is 259 g/mol. The van der Waals surface area contributed by atoms with Gasteiger partial charge in [0.1, 0.15) is 17.3 Å². The Morgan fingerprint density at radius 1 is 1.11 bits per heavy atom. The van der Waals surface area contributed by atoms with Crippen molar-refractivity contribution in [1.82, 2.24) is 0 Å². The second-order valence-corrected chi connectivity index (χ2v) is 4.79. The van der Waals surface area contributed by atoms with Crippen molar-refractivity contribution in [2.75, 3.05) is 0 Å². The average Bonchev–Trinajstić information content (AvgIpc) is 2.33. The van der Waals surface area contributed by atoms with Gasteiger partial charge in [-0.3, -0.25) is 0 Å². The fourth-order valence-electron chi connectivity index (χ4n) is 1.95. The van der Waals surface area contributed by atoms with Crippen molar-refractivity contribution in [3.05, 3.63) is 58.9 Å². The Balaban J connectivity index is 2.38. The van der Waals surface area contributed by atoms with E-state index < -0.39 is 6.04 Å². The Hall–Kier alpha value is -1.87. The molecule has 2 aromatic carbocycles. The van der Waals surface area contributed by atoms with Gasteiger partial charge in [-0.15, -0.1) is 0 Å². The Bertz CT molecular complexity index is 593. The van der Waals surface area contributed by atoms with Gasteiger partial charge in [-0.2, -0.15) is 0 Å². The molecule has 2 aromatic rings. The number of hydrogen-bond acceptors (Lipinski definition) is 2. The van der Waals surface area contributed by atoms with Gasteiger partial charge in [0, 0.05) is 11.6 Å². The van der Waals surface area contributed by atoms with E-state index in [4.69, 9.17) is 10.5 Å². The minimum Gasteiger partial charge on any atom is -0.457 e. The third-order valence-electron chi connectivity index (χ3n) is 3.17. The van der Waals surface area contributed by atoms with Gasteiger partial charge >= 0.3 is 0 Å². The summed E-state index contributed by atoms with van der Waals surface area (Å²) in [5.74, 6) is 0.824. The molecule has 2 rings (SSSR count). The summed E-state index contributed by atoms with van der Waals surface area (Å²) in [7, 11) is 0. The van der Waals surface area contributed by atoms with Crippen LogP contribution < -0.4 is 10.5 Å². The predicted octanol–water partition coefficient (Wildman–Crippen LogP) is 4.25. The molecule has 3 heteroatoms. The van der Waals surface area contributed by atoms with Crippen LogP contribution >= 0.6 is 0 Å². The zero-order valence-corrected chi connectivity index (χ0v) is 11.4. The molecule has 19 heavy (non-hydrogen) atoms. The fraction of sp³-hybridized carbons (Fsp3) is 0.250. The van der Waals surface area contributed by atoms with E-state index >= 15 is 0 Å². The summed E-state index contributed by atoms with van der Waals surface area (Å²) in [6.45, 7) is 5.79. The molecule has 0 saturated carbocycles. The molecule has 0 heterocycles. The van der Waals surface area contributed by atoms with Gasteiger partial charge in [-0.1, -0.05) is 12.1 Å². The molecule has 1 atom stereocenters. The Kier molecular flexibility index (Phi) is 3.86. The van der Waals surface area contributed by atoms with Crippen molar-refractivity contribution < 1.29 is 9.13 Å². The standard InChI is InChI=1S/C16H18FNO/c1-10-7-8-13(9-11(10)2)19-15-6-4-5-14(17)16(15)12(3)18/h4-9,12H,18H2,1-3H3/t12-/m1/s1. The van der Waals surface area contributed by atoms with Gasteiger partial charge in [0.2, 0.25) is 0 Å². The van der Waals surface area contributed by atoms with Crippen molar-refractivity contribution in [3.63, 3.8) is 0 Å². The largest absolute Gasteiger partial charge is 0.457 e. The SMILES string of the molecule is Cc1ccc(Oc2cccc(F)c2[C@@H](C)N)cc1C. The molecule has 0 bridgehead atoms. The molecule has 0 fully saturated rings. The van der Waals surface area contributed by atoms with Crippen molar-refractivity contribution in [2.45, 2.75) is 26.8 Å². The first kappa shape index (κ1) is 13.6. The van der Waals surface area contributed by atoms with Crippen LogP contribution in [0.2, 0.25) is 0 Å². The second-order valence-electron chi connectivity index (χ2n) is 4.79. The molecule has 2 nitrogen and oxygen atoms in total. The van der Waals surface area contributed by atoms with Crippen molar-refractivity contribution in [2.24, 2.45) is 5.73 Å². The van der Waals surface area contributed by atoms with Gasteiger partial charge in [0.15, 0.2) is 0 Å². The first-order valence-electron chi connectivity index (χ1n) is 6.28. The summed E-state index contributed by atoms with van der Waals surface area (Å²) < 4.78 is 19.6. The van der Waals surface area contributed by atoms with Crippen LogP contribution in [0, 0.1) is 19.7 Å². The zero-order chi connectivity index (χ0) is 14.0. The first-order valence-corrected chi connectivity index (χ1v) is 6.28. The number of hydrogen-bond donors (Lipinski definition) is 1. The highest BCUT2D eigenvalue weighted by molar-refractivity contribution is 5.42. The predicted molar refractivity (Wildman–Crippen MR) is 75.0 cm³/mol. The van der Waals surface area contributed by atoms with E-state index in [0.29, 0.717) is 17.1 Å². The molecule has 0 unspecified atom stereocenters. The summed E-state index contributed by atoms with van der Waals surface area (Å²) in [5.41, 5.74) is 8.54. The van der Waals surface area contributed by atoms with Crippen LogP contribution in [0.1, 0.15) is 29.7 Å².